The van der Waals surface area contributed by atoms with Gasteiger partial charge in [0.25, 0.3) is 0 Å². The first-order valence-corrected chi connectivity index (χ1v) is 6.34. The zero-order valence-corrected chi connectivity index (χ0v) is 11.6. The van der Waals surface area contributed by atoms with Gasteiger partial charge >= 0.3 is 0 Å². The van der Waals surface area contributed by atoms with Gasteiger partial charge in [0.05, 0.1) is 26.2 Å². The first-order valence-electron chi connectivity index (χ1n) is 6.34. The molecule has 0 heterocycles. The van der Waals surface area contributed by atoms with Crippen LogP contribution in [0.1, 0.15) is 31.9 Å². The molecule has 0 aliphatic heterocycles. The predicted octanol–water partition coefficient (Wildman–Crippen LogP) is 1.65. The number of hydrogen-bond acceptors (Lipinski definition) is 4. The van der Waals surface area contributed by atoms with E-state index in [9.17, 15) is 9.90 Å². The molecule has 0 aliphatic carbocycles. The second kappa shape index (κ2) is 7.63. The summed E-state index contributed by atoms with van der Waals surface area (Å²) >= 11 is 0. The highest BCUT2D eigenvalue weighted by Crippen LogP contribution is 2.30. The monoisotopic (exact) mass is 267 g/mol. The average molecular weight is 267 g/mol. The molecule has 0 aliphatic rings. The third kappa shape index (κ3) is 4.79. The molecular weight excluding hydrogens is 246 g/mol. The summed E-state index contributed by atoms with van der Waals surface area (Å²) in [6.07, 6.45) is -0.256. The fourth-order valence-corrected chi connectivity index (χ4v) is 1.60. The molecule has 0 unspecified atom stereocenters. The van der Waals surface area contributed by atoms with Crippen LogP contribution in [0.4, 0.5) is 0 Å². The molecule has 0 saturated heterocycles. The first kappa shape index (κ1) is 15.3. The zero-order valence-electron chi connectivity index (χ0n) is 11.6. The lowest BCUT2D eigenvalue weighted by atomic mass is 10.1. The number of amides is 1. The molecule has 1 aromatic carbocycles. The normalized spacial score (nSPS) is 11.8. The third-order valence-electron chi connectivity index (χ3n) is 2.63. The number of benzene rings is 1. The Morgan fingerprint density at radius 2 is 2.16 bits per heavy atom. The van der Waals surface area contributed by atoms with E-state index in [0.717, 1.165) is 5.56 Å². The number of aliphatic hydroxyl groups excluding tert-OH is 1. The quantitative estimate of drug-likeness (QED) is 0.788. The van der Waals surface area contributed by atoms with E-state index in [2.05, 4.69) is 5.32 Å². The van der Waals surface area contributed by atoms with Crippen LogP contribution in [0.25, 0.3) is 0 Å². The molecule has 0 spiro atoms. The Bertz CT molecular complexity index is 418. The number of carbonyl (C=O) groups is 1. The predicted molar refractivity (Wildman–Crippen MR) is 72.4 cm³/mol. The summed E-state index contributed by atoms with van der Waals surface area (Å²) in [7, 11) is 1.54. The van der Waals surface area contributed by atoms with Crippen LogP contribution in [-0.4, -0.2) is 31.3 Å². The van der Waals surface area contributed by atoms with E-state index in [4.69, 9.17) is 9.47 Å². The molecule has 1 rings (SSSR count). The van der Waals surface area contributed by atoms with Crippen molar-refractivity contribution in [2.75, 3.05) is 20.3 Å². The summed E-state index contributed by atoms with van der Waals surface area (Å²) in [5.74, 6) is 1.08. The third-order valence-corrected chi connectivity index (χ3v) is 2.63. The SMILES string of the molecule is CCNC(=O)CCOc1ccc([C@H](C)O)cc1OC. The fraction of sp³-hybridized carbons (Fsp3) is 0.500. The van der Waals surface area contributed by atoms with Gasteiger partial charge < -0.3 is 19.9 Å². The van der Waals surface area contributed by atoms with Crippen LogP contribution in [0.5, 0.6) is 11.5 Å². The van der Waals surface area contributed by atoms with E-state index in [-0.39, 0.29) is 12.5 Å². The topological polar surface area (TPSA) is 67.8 Å². The second-order valence-corrected chi connectivity index (χ2v) is 4.14. The maximum absolute atomic E-state index is 11.3. The lowest BCUT2D eigenvalue weighted by Gasteiger charge is -2.13. The second-order valence-electron chi connectivity index (χ2n) is 4.14. The number of methoxy groups -OCH3 is 1. The number of rotatable bonds is 7. The van der Waals surface area contributed by atoms with Gasteiger partial charge in [0, 0.05) is 6.54 Å². The van der Waals surface area contributed by atoms with Crippen LogP contribution in [0.15, 0.2) is 18.2 Å². The summed E-state index contributed by atoms with van der Waals surface area (Å²) < 4.78 is 10.7. The van der Waals surface area contributed by atoms with Crippen molar-refractivity contribution in [2.45, 2.75) is 26.4 Å². The fourth-order valence-electron chi connectivity index (χ4n) is 1.60. The van der Waals surface area contributed by atoms with E-state index in [1.807, 2.05) is 6.92 Å². The minimum Gasteiger partial charge on any atom is -0.493 e. The minimum atomic E-state index is -0.557. The molecule has 0 radical (unpaired) electrons. The average Bonchev–Trinajstić information content (AvgIpc) is 2.39. The summed E-state index contributed by atoms with van der Waals surface area (Å²) in [5, 5.41) is 12.2. The maximum atomic E-state index is 11.3. The molecule has 2 N–H and O–H groups in total. The highest BCUT2D eigenvalue weighted by Gasteiger charge is 2.09. The Balaban J connectivity index is 2.60. The van der Waals surface area contributed by atoms with Crippen LogP contribution >= 0.6 is 0 Å². The molecule has 106 valence electrons. The Labute approximate surface area is 113 Å². The molecule has 1 amide bonds. The molecule has 0 bridgehead atoms. The van der Waals surface area contributed by atoms with Crippen molar-refractivity contribution in [2.24, 2.45) is 0 Å². The molecule has 0 saturated carbocycles. The smallest absolute Gasteiger partial charge is 0.223 e. The lowest BCUT2D eigenvalue weighted by molar-refractivity contribution is -0.121. The van der Waals surface area contributed by atoms with E-state index >= 15 is 0 Å². The van der Waals surface area contributed by atoms with Gasteiger partial charge in [-0.25, -0.2) is 0 Å². The van der Waals surface area contributed by atoms with Crippen molar-refractivity contribution in [1.29, 1.82) is 0 Å². The van der Waals surface area contributed by atoms with Crippen LogP contribution < -0.4 is 14.8 Å². The number of ether oxygens (including phenoxy) is 2. The molecule has 19 heavy (non-hydrogen) atoms. The number of nitrogens with one attached hydrogen (secondary N) is 1. The molecule has 0 fully saturated rings. The van der Waals surface area contributed by atoms with Crippen molar-refractivity contribution < 1.29 is 19.4 Å². The highest BCUT2D eigenvalue weighted by atomic mass is 16.5. The lowest BCUT2D eigenvalue weighted by Crippen LogP contribution is -2.24. The van der Waals surface area contributed by atoms with Crippen molar-refractivity contribution in [3.63, 3.8) is 0 Å². The molecule has 1 atom stereocenters. The minimum absolute atomic E-state index is 0.0398. The summed E-state index contributed by atoms with van der Waals surface area (Å²) in [6.45, 7) is 4.46. The van der Waals surface area contributed by atoms with Crippen LogP contribution in [0, 0.1) is 0 Å². The maximum Gasteiger partial charge on any atom is 0.223 e. The van der Waals surface area contributed by atoms with Gasteiger partial charge in [-0.3, -0.25) is 4.79 Å². The van der Waals surface area contributed by atoms with Crippen LogP contribution in [0.3, 0.4) is 0 Å². The summed E-state index contributed by atoms with van der Waals surface area (Å²) in [6, 6.07) is 5.24. The molecule has 1 aromatic rings. The summed E-state index contributed by atoms with van der Waals surface area (Å²) in [4.78, 5) is 11.3. The summed E-state index contributed by atoms with van der Waals surface area (Å²) in [5.41, 5.74) is 0.757. The van der Waals surface area contributed by atoms with Crippen molar-refractivity contribution >= 4 is 5.91 Å². The van der Waals surface area contributed by atoms with Gasteiger partial charge in [-0.2, -0.15) is 0 Å². The highest BCUT2D eigenvalue weighted by molar-refractivity contribution is 5.75. The molecule has 0 aromatic heterocycles. The van der Waals surface area contributed by atoms with E-state index in [0.29, 0.717) is 24.5 Å². The Morgan fingerprint density at radius 1 is 1.42 bits per heavy atom. The number of hydrogen-bond donors (Lipinski definition) is 2. The standard InChI is InChI=1S/C14H21NO4/c1-4-15-14(17)7-8-19-12-6-5-11(10(2)16)9-13(12)18-3/h5-6,9-10,16H,4,7-8H2,1-3H3,(H,15,17)/t10-/m0/s1. The van der Waals surface area contributed by atoms with E-state index in [1.165, 1.54) is 7.11 Å². The number of aliphatic hydroxyl groups is 1. The van der Waals surface area contributed by atoms with Crippen molar-refractivity contribution in [3.8, 4) is 11.5 Å². The number of carbonyl (C=O) groups excluding carboxylic acids is 1. The van der Waals surface area contributed by atoms with Gasteiger partial charge in [-0.15, -0.1) is 0 Å². The molecule has 5 heteroatoms. The van der Waals surface area contributed by atoms with Crippen molar-refractivity contribution in [3.05, 3.63) is 23.8 Å². The largest absolute Gasteiger partial charge is 0.493 e. The van der Waals surface area contributed by atoms with Crippen LogP contribution in [-0.2, 0) is 4.79 Å². The Morgan fingerprint density at radius 3 is 2.74 bits per heavy atom. The molecular formula is C14H21NO4. The Kier molecular flexibility index (Phi) is 6.15. The zero-order chi connectivity index (χ0) is 14.3. The van der Waals surface area contributed by atoms with Crippen LogP contribution in [0.2, 0.25) is 0 Å². The Hall–Kier alpha value is -1.75. The van der Waals surface area contributed by atoms with Gasteiger partial charge in [0.1, 0.15) is 0 Å². The van der Waals surface area contributed by atoms with Crippen molar-refractivity contribution in [1.82, 2.24) is 5.32 Å². The van der Waals surface area contributed by atoms with E-state index < -0.39 is 6.10 Å². The first-order chi connectivity index (χ1) is 9.08. The van der Waals surface area contributed by atoms with E-state index in [1.54, 1.807) is 25.1 Å². The van der Waals surface area contributed by atoms with Gasteiger partial charge in [-0.05, 0) is 31.5 Å². The van der Waals surface area contributed by atoms with Gasteiger partial charge in [0.15, 0.2) is 11.5 Å². The van der Waals surface area contributed by atoms with Gasteiger partial charge in [-0.1, -0.05) is 6.07 Å². The van der Waals surface area contributed by atoms with Gasteiger partial charge in [0.2, 0.25) is 5.91 Å². The molecule has 5 nitrogen and oxygen atoms in total.